The van der Waals surface area contributed by atoms with Crippen LogP contribution in [0, 0.1) is 13.8 Å². The Labute approximate surface area is 126 Å². The number of rotatable bonds is 4. The Morgan fingerprint density at radius 1 is 1.05 bits per heavy atom. The average molecular weight is 282 g/mol. The number of hydrogen-bond donors (Lipinski definition) is 1. The highest BCUT2D eigenvalue weighted by molar-refractivity contribution is 6.09. The number of amides is 1. The van der Waals surface area contributed by atoms with E-state index in [2.05, 4.69) is 5.32 Å². The lowest BCUT2D eigenvalue weighted by Gasteiger charge is -2.20. The van der Waals surface area contributed by atoms with Crippen LogP contribution in [-0.4, -0.2) is 19.5 Å². The lowest BCUT2D eigenvalue weighted by atomic mass is 10.1. The van der Waals surface area contributed by atoms with E-state index in [0.717, 1.165) is 23.5 Å². The van der Waals surface area contributed by atoms with Gasteiger partial charge >= 0.3 is 0 Å². The standard InChI is InChI=1S/C18H22N2O/c1-5-19-17-11-8-14(3)12-16(17)18(21)20(4)15-9-6-13(2)7-10-15/h6-12,19H,5H2,1-4H3. The van der Waals surface area contributed by atoms with Crippen LogP contribution in [-0.2, 0) is 0 Å². The highest BCUT2D eigenvalue weighted by atomic mass is 16.2. The van der Waals surface area contributed by atoms with E-state index in [4.69, 9.17) is 0 Å². The second-order valence-corrected chi connectivity index (χ2v) is 5.28. The van der Waals surface area contributed by atoms with Gasteiger partial charge in [0, 0.05) is 25.0 Å². The maximum atomic E-state index is 12.8. The molecule has 0 radical (unpaired) electrons. The molecule has 0 atom stereocenters. The zero-order chi connectivity index (χ0) is 15.4. The Morgan fingerprint density at radius 2 is 1.67 bits per heavy atom. The van der Waals surface area contributed by atoms with Gasteiger partial charge in [-0.05, 0) is 45.0 Å². The molecule has 0 heterocycles. The lowest BCUT2D eigenvalue weighted by molar-refractivity contribution is 0.0993. The number of anilines is 2. The number of nitrogens with one attached hydrogen (secondary N) is 1. The molecule has 0 aliphatic heterocycles. The molecule has 21 heavy (non-hydrogen) atoms. The zero-order valence-corrected chi connectivity index (χ0v) is 13.1. The van der Waals surface area contributed by atoms with Gasteiger partial charge in [0.25, 0.3) is 5.91 Å². The van der Waals surface area contributed by atoms with E-state index in [1.54, 1.807) is 4.90 Å². The fourth-order valence-electron chi connectivity index (χ4n) is 2.25. The Kier molecular flexibility index (Phi) is 4.63. The van der Waals surface area contributed by atoms with Crippen molar-refractivity contribution < 1.29 is 4.79 Å². The Bertz CT molecular complexity index is 632. The number of carbonyl (C=O) groups is 1. The summed E-state index contributed by atoms with van der Waals surface area (Å²) in [6.45, 7) is 6.85. The van der Waals surface area contributed by atoms with Gasteiger partial charge in [0.1, 0.15) is 0 Å². The predicted molar refractivity (Wildman–Crippen MR) is 89.3 cm³/mol. The van der Waals surface area contributed by atoms with Crippen molar-refractivity contribution in [3.8, 4) is 0 Å². The minimum atomic E-state index is -0.00139. The first-order valence-electron chi connectivity index (χ1n) is 7.22. The summed E-state index contributed by atoms with van der Waals surface area (Å²) in [5.74, 6) is -0.00139. The van der Waals surface area contributed by atoms with Gasteiger partial charge in [-0.25, -0.2) is 0 Å². The van der Waals surface area contributed by atoms with E-state index >= 15 is 0 Å². The number of hydrogen-bond acceptors (Lipinski definition) is 2. The fourth-order valence-corrected chi connectivity index (χ4v) is 2.25. The van der Waals surface area contributed by atoms with E-state index in [9.17, 15) is 4.79 Å². The summed E-state index contributed by atoms with van der Waals surface area (Å²) in [6.07, 6.45) is 0. The molecule has 0 saturated carbocycles. The molecule has 0 aromatic heterocycles. The average Bonchev–Trinajstić information content (AvgIpc) is 2.48. The van der Waals surface area contributed by atoms with Crippen molar-refractivity contribution in [1.29, 1.82) is 0 Å². The largest absolute Gasteiger partial charge is 0.385 e. The van der Waals surface area contributed by atoms with Crippen LogP contribution in [0.2, 0.25) is 0 Å². The SMILES string of the molecule is CCNc1ccc(C)cc1C(=O)N(C)c1ccc(C)cc1. The highest BCUT2D eigenvalue weighted by Gasteiger charge is 2.17. The van der Waals surface area contributed by atoms with Gasteiger partial charge in [-0.2, -0.15) is 0 Å². The second kappa shape index (κ2) is 6.44. The Hall–Kier alpha value is -2.29. The van der Waals surface area contributed by atoms with Gasteiger partial charge in [-0.1, -0.05) is 29.3 Å². The molecule has 0 fully saturated rings. The maximum Gasteiger partial charge on any atom is 0.260 e. The summed E-state index contributed by atoms with van der Waals surface area (Å²) >= 11 is 0. The molecule has 0 unspecified atom stereocenters. The third kappa shape index (κ3) is 3.43. The first-order valence-corrected chi connectivity index (χ1v) is 7.22. The molecule has 0 saturated heterocycles. The molecule has 2 aromatic rings. The van der Waals surface area contributed by atoms with E-state index in [1.165, 1.54) is 5.56 Å². The highest BCUT2D eigenvalue weighted by Crippen LogP contribution is 2.22. The molecule has 2 aromatic carbocycles. The molecular weight excluding hydrogens is 260 g/mol. The summed E-state index contributed by atoms with van der Waals surface area (Å²) in [4.78, 5) is 14.5. The van der Waals surface area contributed by atoms with E-state index < -0.39 is 0 Å². The molecule has 3 nitrogen and oxygen atoms in total. The molecule has 2 rings (SSSR count). The molecule has 1 amide bonds. The van der Waals surface area contributed by atoms with Crippen molar-refractivity contribution in [2.75, 3.05) is 23.8 Å². The Balaban J connectivity index is 2.34. The summed E-state index contributed by atoms with van der Waals surface area (Å²) in [7, 11) is 1.81. The summed E-state index contributed by atoms with van der Waals surface area (Å²) in [5.41, 5.74) is 4.75. The van der Waals surface area contributed by atoms with Crippen LogP contribution in [0.3, 0.4) is 0 Å². The maximum absolute atomic E-state index is 12.8. The summed E-state index contributed by atoms with van der Waals surface area (Å²) in [6, 6.07) is 13.9. The van der Waals surface area contributed by atoms with Crippen molar-refractivity contribution in [1.82, 2.24) is 0 Å². The van der Waals surface area contributed by atoms with Gasteiger partial charge in [-0.3, -0.25) is 4.79 Å². The first-order chi connectivity index (χ1) is 10.0. The Morgan fingerprint density at radius 3 is 2.29 bits per heavy atom. The van der Waals surface area contributed by atoms with E-state index in [1.807, 2.05) is 70.3 Å². The van der Waals surface area contributed by atoms with Crippen LogP contribution < -0.4 is 10.2 Å². The van der Waals surface area contributed by atoms with Crippen molar-refractivity contribution in [2.24, 2.45) is 0 Å². The third-order valence-electron chi connectivity index (χ3n) is 3.50. The second-order valence-electron chi connectivity index (χ2n) is 5.28. The topological polar surface area (TPSA) is 32.3 Å². The molecule has 110 valence electrons. The van der Waals surface area contributed by atoms with Crippen LogP contribution in [0.4, 0.5) is 11.4 Å². The number of nitrogens with zero attached hydrogens (tertiary/aromatic N) is 1. The monoisotopic (exact) mass is 282 g/mol. The quantitative estimate of drug-likeness (QED) is 0.919. The first kappa shape index (κ1) is 15.1. The van der Waals surface area contributed by atoms with Gasteiger partial charge in [-0.15, -0.1) is 0 Å². The van der Waals surface area contributed by atoms with E-state index in [0.29, 0.717) is 5.56 Å². The third-order valence-corrected chi connectivity index (χ3v) is 3.50. The van der Waals surface area contributed by atoms with Crippen LogP contribution in [0.5, 0.6) is 0 Å². The van der Waals surface area contributed by atoms with Crippen LogP contribution in [0.25, 0.3) is 0 Å². The molecule has 0 aliphatic carbocycles. The van der Waals surface area contributed by atoms with Crippen LogP contribution in [0.15, 0.2) is 42.5 Å². The van der Waals surface area contributed by atoms with Crippen LogP contribution >= 0.6 is 0 Å². The molecular formula is C18H22N2O. The number of benzene rings is 2. The molecule has 0 aliphatic rings. The van der Waals surface area contributed by atoms with Crippen LogP contribution in [0.1, 0.15) is 28.4 Å². The number of aryl methyl sites for hydroxylation is 2. The van der Waals surface area contributed by atoms with Crippen molar-refractivity contribution in [2.45, 2.75) is 20.8 Å². The normalized spacial score (nSPS) is 10.3. The molecule has 0 spiro atoms. The van der Waals surface area contributed by atoms with Crippen molar-refractivity contribution >= 4 is 17.3 Å². The summed E-state index contributed by atoms with van der Waals surface area (Å²) in [5, 5.41) is 3.25. The predicted octanol–water partition coefficient (Wildman–Crippen LogP) is 4.01. The van der Waals surface area contributed by atoms with Gasteiger partial charge in [0.05, 0.1) is 5.56 Å². The minimum Gasteiger partial charge on any atom is -0.385 e. The fraction of sp³-hybridized carbons (Fsp3) is 0.278. The zero-order valence-electron chi connectivity index (χ0n) is 13.1. The van der Waals surface area contributed by atoms with Gasteiger partial charge in [0.2, 0.25) is 0 Å². The smallest absolute Gasteiger partial charge is 0.260 e. The molecule has 0 bridgehead atoms. The minimum absolute atomic E-state index is 0.00139. The van der Waals surface area contributed by atoms with Crippen molar-refractivity contribution in [3.63, 3.8) is 0 Å². The summed E-state index contributed by atoms with van der Waals surface area (Å²) < 4.78 is 0. The molecule has 1 N–H and O–H groups in total. The lowest BCUT2D eigenvalue weighted by Crippen LogP contribution is -2.27. The van der Waals surface area contributed by atoms with Crippen molar-refractivity contribution in [3.05, 3.63) is 59.2 Å². The number of carbonyl (C=O) groups excluding carboxylic acids is 1. The van der Waals surface area contributed by atoms with Gasteiger partial charge in [0.15, 0.2) is 0 Å². The van der Waals surface area contributed by atoms with Gasteiger partial charge < -0.3 is 10.2 Å². The van der Waals surface area contributed by atoms with E-state index in [-0.39, 0.29) is 5.91 Å². The molecule has 3 heteroatoms.